The van der Waals surface area contributed by atoms with Crippen LogP contribution >= 0.6 is 0 Å². The molecule has 4 nitrogen and oxygen atoms in total. The van der Waals surface area contributed by atoms with Crippen molar-refractivity contribution in [1.82, 2.24) is 4.90 Å². The smallest absolute Gasteiger partial charge is 0.388 e. The first kappa shape index (κ1) is 20.8. The van der Waals surface area contributed by atoms with Gasteiger partial charge in [0.15, 0.2) is 0 Å². The van der Waals surface area contributed by atoms with E-state index in [2.05, 4.69) is 0 Å². The minimum Gasteiger partial charge on any atom is -0.388 e. The molecule has 0 amide bonds. The van der Waals surface area contributed by atoms with Gasteiger partial charge in [0.1, 0.15) is 12.3 Å². The fourth-order valence-corrected chi connectivity index (χ4v) is 3.50. The van der Waals surface area contributed by atoms with Gasteiger partial charge in [-0.25, -0.2) is 0 Å². The van der Waals surface area contributed by atoms with Gasteiger partial charge in [-0.05, 0) is 28.8 Å². The second kappa shape index (κ2) is 8.61. The lowest BCUT2D eigenvalue weighted by molar-refractivity contribution is -0.137. The summed E-state index contributed by atoms with van der Waals surface area (Å²) in [5.74, 6) is -0.420. The molecule has 1 aliphatic heterocycles. The average Bonchev–Trinajstić information content (AvgIpc) is 2.72. The number of nitrogens with zero attached hydrogens (tertiary/aromatic N) is 1. The Hall–Kier alpha value is -1.93. The topological polar surface area (TPSA) is 52.9 Å². The molecule has 0 aromatic heterocycles. The van der Waals surface area contributed by atoms with E-state index >= 15 is 0 Å². The van der Waals surface area contributed by atoms with Gasteiger partial charge in [0, 0.05) is 19.0 Å². The molecule has 0 radical (unpaired) electrons. The van der Waals surface area contributed by atoms with Crippen molar-refractivity contribution in [3.63, 3.8) is 0 Å². The highest BCUT2D eigenvalue weighted by molar-refractivity contribution is 5.68. The zero-order valence-corrected chi connectivity index (χ0v) is 15.6. The lowest BCUT2D eigenvalue weighted by Crippen LogP contribution is -2.50. The van der Waals surface area contributed by atoms with Crippen LogP contribution in [-0.2, 0) is 10.9 Å². The predicted molar refractivity (Wildman–Crippen MR) is 99.7 cm³/mol. The maximum Gasteiger partial charge on any atom is 0.416 e. The van der Waals surface area contributed by atoms with Crippen LogP contribution in [0.3, 0.4) is 0 Å². The van der Waals surface area contributed by atoms with Crippen molar-refractivity contribution >= 4 is 0 Å². The first-order valence-electron chi connectivity index (χ1n) is 9.23. The molecule has 2 aromatic rings. The number of ether oxygens (including phenoxy) is 1. The fourth-order valence-electron chi connectivity index (χ4n) is 3.50. The molecule has 3 unspecified atom stereocenters. The van der Waals surface area contributed by atoms with Crippen LogP contribution in [0.2, 0.25) is 0 Å². The Kier molecular flexibility index (Phi) is 6.40. The third kappa shape index (κ3) is 4.55. The Morgan fingerprint density at radius 2 is 1.57 bits per heavy atom. The van der Waals surface area contributed by atoms with Crippen LogP contribution in [0.1, 0.15) is 24.0 Å². The van der Waals surface area contributed by atoms with E-state index in [0.717, 1.165) is 23.3 Å². The molecule has 2 aromatic carbocycles. The number of aliphatic hydroxyl groups is 2. The van der Waals surface area contributed by atoms with Crippen LogP contribution in [-0.4, -0.2) is 53.7 Å². The third-order valence-corrected chi connectivity index (χ3v) is 5.21. The van der Waals surface area contributed by atoms with E-state index in [0.29, 0.717) is 31.9 Å². The first-order chi connectivity index (χ1) is 13.3. The maximum absolute atomic E-state index is 12.8. The highest BCUT2D eigenvalue weighted by Crippen LogP contribution is 2.35. The lowest BCUT2D eigenvalue weighted by Gasteiger charge is -2.36. The standard InChI is InChI=1S/C21H24F3NO3/c1-14(19(26)20(27)25-10-12-28-13-11-25)17-4-2-3-5-18(17)15-6-8-16(9-7-15)21(22,23)24/h2-9,14,19-20,26-27H,10-13H2,1H3. The van der Waals surface area contributed by atoms with Crippen molar-refractivity contribution in [2.45, 2.75) is 31.3 Å². The number of hydrogen-bond donors (Lipinski definition) is 2. The van der Waals surface area contributed by atoms with Gasteiger partial charge in [-0.3, -0.25) is 4.90 Å². The van der Waals surface area contributed by atoms with Crippen LogP contribution in [0.4, 0.5) is 13.2 Å². The van der Waals surface area contributed by atoms with Crippen molar-refractivity contribution in [1.29, 1.82) is 0 Å². The predicted octanol–water partition coefficient (Wildman–Crippen LogP) is 3.49. The molecule has 3 rings (SSSR count). The highest BCUT2D eigenvalue weighted by atomic mass is 19.4. The van der Waals surface area contributed by atoms with Crippen molar-refractivity contribution < 1.29 is 28.1 Å². The molecular weight excluding hydrogens is 371 g/mol. The largest absolute Gasteiger partial charge is 0.416 e. The SMILES string of the molecule is CC(c1ccccc1-c1ccc(C(F)(F)F)cc1)C(O)C(O)N1CCOCC1. The summed E-state index contributed by atoms with van der Waals surface area (Å²) in [5.41, 5.74) is 1.42. The minimum absolute atomic E-state index is 0.420. The monoisotopic (exact) mass is 395 g/mol. The molecule has 1 saturated heterocycles. The van der Waals surface area contributed by atoms with Gasteiger partial charge in [-0.2, -0.15) is 13.2 Å². The number of aliphatic hydroxyl groups excluding tert-OH is 2. The number of hydrogen-bond acceptors (Lipinski definition) is 4. The number of alkyl halides is 3. The summed E-state index contributed by atoms with van der Waals surface area (Å²) in [7, 11) is 0. The third-order valence-electron chi connectivity index (χ3n) is 5.21. The summed E-state index contributed by atoms with van der Waals surface area (Å²) in [5, 5.41) is 21.3. The minimum atomic E-state index is -4.39. The summed E-state index contributed by atoms with van der Waals surface area (Å²) in [6.07, 6.45) is -6.47. The molecule has 0 aliphatic carbocycles. The molecule has 0 spiro atoms. The molecule has 0 saturated carbocycles. The van der Waals surface area contributed by atoms with Crippen molar-refractivity contribution in [3.8, 4) is 11.1 Å². The highest BCUT2D eigenvalue weighted by Gasteiger charge is 2.32. The molecule has 3 atom stereocenters. The van der Waals surface area contributed by atoms with Gasteiger partial charge in [0.05, 0.1) is 18.8 Å². The maximum atomic E-state index is 12.8. The fraction of sp³-hybridized carbons (Fsp3) is 0.429. The van der Waals surface area contributed by atoms with E-state index in [1.807, 2.05) is 18.2 Å². The average molecular weight is 395 g/mol. The Balaban J connectivity index is 1.84. The quantitative estimate of drug-likeness (QED) is 0.814. The van der Waals surface area contributed by atoms with Crippen LogP contribution in [0.25, 0.3) is 11.1 Å². The molecule has 1 fully saturated rings. The Morgan fingerprint density at radius 3 is 2.18 bits per heavy atom. The van der Waals surface area contributed by atoms with Crippen LogP contribution in [0.5, 0.6) is 0 Å². The van der Waals surface area contributed by atoms with Gasteiger partial charge >= 0.3 is 6.18 Å². The second-order valence-corrected chi connectivity index (χ2v) is 7.00. The van der Waals surface area contributed by atoms with Gasteiger partial charge in [0.25, 0.3) is 0 Å². The summed E-state index contributed by atoms with van der Waals surface area (Å²) in [6, 6.07) is 12.2. The molecular formula is C21H24F3NO3. The molecule has 0 bridgehead atoms. The lowest BCUT2D eigenvalue weighted by atomic mass is 9.87. The Labute approximate surface area is 162 Å². The van der Waals surface area contributed by atoms with E-state index in [1.165, 1.54) is 12.1 Å². The van der Waals surface area contributed by atoms with E-state index in [4.69, 9.17) is 4.74 Å². The number of rotatable bonds is 5. The van der Waals surface area contributed by atoms with Crippen LogP contribution in [0.15, 0.2) is 48.5 Å². The summed E-state index contributed by atoms with van der Waals surface area (Å²) in [4.78, 5) is 1.77. The molecule has 1 heterocycles. The molecule has 2 N–H and O–H groups in total. The number of morpholine rings is 1. The van der Waals surface area contributed by atoms with E-state index < -0.39 is 30.0 Å². The van der Waals surface area contributed by atoms with Gasteiger partial charge in [-0.1, -0.05) is 43.3 Å². The summed E-state index contributed by atoms with van der Waals surface area (Å²) in [6.45, 7) is 3.87. The normalized spacial score (nSPS) is 19.2. The summed E-state index contributed by atoms with van der Waals surface area (Å²) < 4.78 is 43.8. The van der Waals surface area contributed by atoms with Crippen molar-refractivity contribution in [2.24, 2.45) is 0 Å². The van der Waals surface area contributed by atoms with Gasteiger partial charge < -0.3 is 14.9 Å². The van der Waals surface area contributed by atoms with Crippen LogP contribution in [0, 0.1) is 0 Å². The zero-order valence-electron chi connectivity index (χ0n) is 15.6. The molecule has 152 valence electrons. The molecule has 28 heavy (non-hydrogen) atoms. The summed E-state index contributed by atoms with van der Waals surface area (Å²) >= 11 is 0. The first-order valence-corrected chi connectivity index (χ1v) is 9.23. The zero-order chi connectivity index (χ0) is 20.3. The number of halogens is 3. The van der Waals surface area contributed by atoms with Gasteiger partial charge in [-0.15, -0.1) is 0 Å². The van der Waals surface area contributed by atoms with Gasteiger partial charge in [0.2, 0.25) is 0 Å². The molecule has 1 aliphatic rings. The molecule has 7 heteroatoms. The van der Waals surface area contributed by atoms with E-state index in [-0.39, 0.29) is 0 Å². The van der Waals surface area contributed by atoms with E-state index in [9.17, 15) is 23.4 Å². The Bertz CT molecular complexity index is 773. The number of benzene rings is 2. The van der Waals surface area contributed by atoms with Crippen LogP contribution < -0.4 is 0 Å². The second-order valence-electron chi connectivity index (χ2n) is 7.00. The van der Waals surface area contributed by atoms with E-state index in [1.54, 1.807) is 17.9 Å². The Morgan fingerprint density at radius 1 is 0.964 bits per heavy atom. The van der Waals surface area contributed by atoms with Crippen molar-refractivity contribution in [3.05, 3.63) is 59.7 Å². The van der Waals surface area contributed by atoms with Crippen molar-refractivity contribution in [2.75, 3.05) is 26.3 Å².